The minimum atomic E-state index is -1.02. The smallest absolute Gasteiger partial charge is 0.339 e. The minimum Gasteiger partial charge on any atom is -0.497 e. The summed E-state index contributed by atoms with van der Waals surface area (Å²) in [5.41, 5.74) is 0.687. The van der Waals surface area contributed by atoms with E-state index in [1.807, 2.05) is 0 Å². The van der Waals surface area contributed by atoms with Crippen LogP contribution in [0.4, 0.5) is 0 Å². The van der Waals surface area contributed by atoms with Crippen molar-refractivity contribution in [2.45, 2.75) is 6.92 Å². The highest BCUT2D eigenvalue weighted by atomic mass is 16.5. The van der Waals surface area contributed by atoms with Gasteiger partial charge in [0, 0.05) is 5.39 Å². The molecule has 0 saturated heterocycles. The van der Waals surface area contributed by atoms with Gasteiger partial charge in [0.05, 0.1) is 7.11 Å². The second-order valence-electron chi connectivity index (χ2n) is 4.77. The van der Waals surface area contributed by atoms with E-state index in [1.54, 1.807) is 56.5 Å². The fraction of sp³-hybridized carbons (Fsp3) is 0.118. The van der Waals surface area contributed by atoms with Crippen LogP contribution in [0.15, 0.2) is 46.9 Å². The van der Waals surface area contributed by atoms with Crippen LogP contribution in [-0.2, 0) is 0 Å². The third kappa shape index (κ3) is 2.48. The fourth-order valence-electron chi connectivity index (χ4n) is 2.31. The van der Waals surface area contributed by atoms with E-state index in [0.29, 0.717) is 28.2 Å². The highest BCUT2D eigenvalue weighted by Crippen LogP contribution is 2.31. The molecule has 1 N–H and O–H groups in total. The second kappa shape index (κ2) is 5.44. The lowest BCUT2D eigenvalue weighted by atomic mass is 10.1. The second-order valence-corrected chi connectivity index (χ2v) is 4.77. The Hall–Kier alpha value is -2.95. The molecule has 0 atom stereocenters. The molecule has 0 unspecified atom stereocenters. The molecule has 0 aliphatic heterocycles. The summed E-state index contributed by atoms with van der Waals surface area (Å²) in [5.74, 6) is 1.28. The molecule has 0 aliphatic rings. The number of aromatic carboxylic acids is 1. The fourth-order valence-corrected chi connectivity index (χ4v) is 2.31. The molecule has 0 fully saturated rings. The molecule has 5 heteroatoms. The average molecular weight is 298 g/mol. The van der Waals surface area contributed by atoms with Gasteiger partial charge in [0.15, 0.2) is 0 Å². The Labute approximate surface area is 126 Å². The summed E-state index contributed by atoms with van der Waals surface area (Å²) in [6.07, 6.45) is 0. The first-order valence-electron chi connectivity index (χ1n) is 6.67. The number of hydrogen-bond acceptors (Lipinski definition) is 4. The molecule has 1 aromatic heterocycles. The zero-order valence-electron chi connectivity index (χ0n) is 12.1. The largest absolute Gasteiger partial charge is 0.497 e. The predicted octanol–water partition coefficient (Wildman–Crippen LogP) is 4.24. The van der Waals surface area contributed by atoms with E-state index >= 15 is 0 Å². The highest BCUT2D eigenvalue weighted by molar-refractivity contribution is 6.03. The topological polar surface area (TPSA) is 68.9 Å². The first kappa shape index (κ1) is 14.0. The van der Waals surface area contributed by atoms with E-state index in [-0.39, 0.29) is 5.56 Å². The van der Waals surface area contributed by atoms with Gasteiger partial charge < -0.3 is 19.0 Å². The summed E-state index contributed by atoms with van der Waals surface area (Å²) in [4.78, 5) is 11.3. The molecule has 1 heterocycles. The van der Waals surface area contributed by atoms with Crippen molar-refractivity contribution in [1.29, 1.82) is 0 Å². The Morgan fingerprint density at radius 2 is 1.68 bits per heavy atom. The standard InChI is InChI=1S/C17H14O5/c1-10-16(17(18)19)14-9-13(7-8-15(14)21-10)22-12-5-3-11(20-2)4-6-12/h3-9H,1-2H3,(H,18,19). The van der Waals surface area contributed by atoms with Crippen molar-refractivity contribution in [2.24, 2.45) is 0 Å². The quantitative estimate of drug-likeness (QED) is 0.780. The molecule has 22 heavy (non-hydrogen) atoms. The van der Waals surface area contributed by atoms with Gasteiger partial charge >= 0.3 is 5.97 Å². The number of carbonyl (C=O) groups is 1. The van der Waals surface area contributed by atoms with E-state index < -0.39 is 5.97 Å². The van der Waals surface area contributed by atoms with Crippen LogP contribution in [-0.4, -0.2) is 18.2 Å². The summed E-state index contributed by atoms with van der Waals surface area (Å²) in [6.45, 7) is 1.63. The predicted molar refractivity (Wildman–Crippen MR) is 81.0 cm³/mol. The maximum atomic E-state index is 11.3. The Balaban J connectivity index is 1.97. The molecule has 0 spiro atoms. The highest BCUT2D eigenvalue weighted by Gasteiger charge is 2.17. The number of benzene rings is 2. The summed E-state index contributed by atoms with van der Waals surface area (Å²) in [6, 6.07) is 12.2. The molecule has 0 bridgehead atoms. The first-order chi connectivity index (χ1) is 10.6. The van der Waals surface area contributed by atoms with Crippen molar-refractivity contribution in [2.75, 3.05) is 7.11 Å². The van der Waals surface area contributed by atoms with Gasteiger partial charge in [-0.25, -0.2) is 4.79 Å². The van der Waals surface area contributed by atoms with Crippen molar-refractivity contribution in [3.63, 3.8) is 0 Å². The van der Waals surface area contributed by atoms with Crippen LogP contribution in [0, 0.1) is 6.92 Å². The van der Waals surface area contributed by atoms with Crippen LogP contribution in [0.5, 0.6) is 17.2 Å². The molecule has 0 saturated carbocycles. The van der Waals surface area contributed by atoms with E-state index in [9.17, 15) is 9.90 Å². The number of carboxylic acids is 1. The molecule has 2 aromatic carbocycles. The van der Waals surface area contributed by atoms with Gasteiger partial charge in [-0.3, -0.25) is 0 Å². The lowest BCUT2D eigenvalue weighted by molar-refractivity contribution is 0.0697. The van der Waals surface area contributed by atoms with Gasteiger partial charge in [0.2, 0.25) is 0 Å². The summed E-state index contributed by atoms with van der Waals surface area (Å²) in [7, 11) is 1.60. The molecule has 112 valence electrons. The van der Waals surface area contributed by atoms with Crippen molar-refractivity contribution in [3.8, 4) is 17.2 Å². The number of furan rings is 1. The van der Waals surface area contributed by atoms with Crippen LogP contribution in [0.2, 0.25) is 0 Å². The molecular weight excluding hydrogens is 284 g/mol. The van der Waals surface area contributed by atoms with E-state index in [2.05, 4.69) is 0 Å². The molecule has 0 aliphatic carbocycles. The van der Waals surface area contributed by atoms with Gasteiger partial charge in [-0.2, -0.15) is 0 Å². The molecule has 5 nitrogen and oxygen atoms in total. The Morgan fingerprint density at radius 3 is 2.32 bits per heavy atom. The number of aryl methyl sites for hydroxylation is 1. The van der Waals surface area contributed by atoms with Gasteiger partial charge in [-0.05, 0) is 49.4 Å². The normalized spacial score (nSPS) is 10.6. The van der Waals surface area contributed by atoms with Gasteiger partial charge in [0.1, 0.15) is 34.2 Å². The Morgan fingerprint density at radius 1 is 1.05 bits per heavy atom. The number of ether oxygens (including phenoxy) is 2. The minimum absolute atomic E-state index is 0.162. The average Bonchev–Trinajstić information content (AvgIpc) is 2.83. The zero-order valence-corrected chi connectivity index (χ0v) is 12.1. The monoisotopic (exact) mass is 298 g/mol. The molecule has 3 rings (SSSR count). The van der Waals surface area contributed by atoms with Crippen LogP contribution < -0.4 is 9.47 Å². The van der Waals surface area contributed by atoms with Crippen molar-refractivity contribution in [1.82, 2.24) is 0 Å². The third-order valence-corrected chi connectivity index (χ3v) is 3.34. The Bertz CT molecular complexity index is 830. The number of carboxylic acid groups (broad SMARTS) is 1. The number of hydrogen-bond donors (Lipinski definition) is 1. The van der Waals surface area contributed by atoms with Crippen LogP contribution in [0.1, 0.15) is 16.1 Å². The van der Waals surface area contributed by atoms with E-state index in [4.69, 9.17) is 13.9 Å². The lowest BCUT2D eigenvalue weighted by Gasteiger charge is -2.06. The molecule has 3 aromatic rings. The van der Waals surface area contributed by atoms with Gasteiger partial charge in [-0.15, -0.1) is 0 Å². The summed E-state index contributed by atoms with van der Waals surface area (Å²) in [5, 5.41) is 9.80. The van der Waals surface area contributed by atoms with Gasteiger partial charge in [0.25, 0.3) is 0 Å². The van der Waals surface area contributed by atoms with E-state index in [0.717, 1.165) is 5.75 Å². The number of methoxy groups -OCH3 is 1. The maximum Gasteiger partial charge on any atom is 0.339 e. The molecule has 0 radical (unpaired) electrons. The molecule has 0 amide bonds. The van der Waals surface area contributed by atoms with Gasteiger partial charge in [-0.1, -0.05) is 0 Å². The summed E-state index contributed by atoms with van der Waals surface area (Å²) >= 11 is 0. The van der Waals surface area contributed by atoms with Crippen molar-refractivity contribution < 1.29 is 23.8 Å². The molecular formula is C17H14O5. The SMILES string of the molecule is COc1ccc(Oc2ccc3oc(C)c(C(=O)O)c3c2)cc1. The van der Waals surface area contributed by atoms with Crippen LogP contribution in [0.3, 0.4) is 0 Å². The summed E-state index contributed by atoms with van der Waals surface area (Å²) < 4.78 is 16.3. The first-order valence-corrected chi connectivity index (χ1v) is 6.67. The number of rotatable bonds is 4. The third-order valence-electron chi connectivity index (χ3n) is 3.34. The number of fused-ring (bicyclic) bond motifs is 1. The maximum absolute atomic E-state index is 11.3. The van der Waals surface area contributed by atoms with Crippen molar-refractivity contribution >= 4 is 16.9 Å². The Kier molecular flexibility index (Phi) is 3.47. The van der Waals surface area contributed by atoms with E-state index in [1.165, 1.54) is 0 Å². The van der Waals surface area contributed by atoms with Crippen LogP contribution >= 0.6 is 0 Å². The lowest BCUT2D eigenvalue weighted by Crippen LogP contribution is -1.96. The van der Waals surface area contributed by atoms with Crippen molar-refractivity contribution in [3.05, 3.63) is 53.8 Å². The van der Waals surface area contributed by atoms with Crippen LogP contribution in [0.25, 0.3) is 11.0 Å². The zero-order chi connectivity index (χ0) is 15.7.